The van der Waals surface area contributed by atoms with Crippen LogP contribution in [0.5, 0.6) is 0 Å². The maximum absolute atomic E-state index is 11.8. The van der Waals surface area contributed by atoms with Crippen molar-refractivity contribution in [1.82, 2.24) is 0 Å². The van der Waals surface area contributed by atoms with Crippen LogP contribution in [0.2, 0.25) is 0 Å². The van der Waals surface area contributed by atoms with Crippen molar-refractivity contribution in [2.75, 3.05) is 5.75 Å². The van der Waals surface area contributed by atoms with Crippen LogP contribution >= 0.6 is 45.7 Å². The first-order valence-electron chi connectivity index (χ1n) is 8.00. The van der Waals surface area contributed by atoms with E-state index in [9.17, 15) is 4.79 Å². The Morgan fingerprint density at radius 1 is 1.18 bits per heavy atom. The van der Waals surface area contributed by atoms with Crippen molar-refractivity contribution in [3.05, 3.63) is 39.9 Å². The van der Waals surface area contributed by atoms with Gasteiger partial charge in [-0.1, -0.05) is 78.3 Å². The molecule has 1 atom stereocenters. The molecule has 1 aromatic carbocycles. The minimum atomic E-state index is 0.161. The normalized spacial score (nSPS) is 12.6. The number of fused-ring (bicyclic) bond motifs is 1. The predicted octanol–water partition coefficient (Wildman–Crippen LogP) is 6.52. The second kappa shape index (κ2) is 9.93. The maximum atomic E-state index is 11.8. The Morgan fingerprint density at radius 2 is 2.00 bits per heavy atom. The molecule has 0 amide bonds. The Hall–Kier alpha value is -0.0700. The molecule has 0 aliphatic rings. The van der Waals surface area contributed by atoms with E-state index in [0.29, 0.717) is 0 Å². The monoisotopic (exact) mass is 446 g/mol. The zero-order chi connectivity index (χ0) is 15.8. The van der Waals surface area contributed by atoms with Gasteiger partial charge in [-0.05, 0) is 31.1 Å². The van der Waals surface area contributed by atoms with E-state index in [0.717, 1.165) is 19.3 Å². The topological polar surface area (TPSA) is 17.1 Å². The molecule has 120 valence electrons. The summed E-state index contributed by atoms with van der Waals surface area (Å²) in [5, 5.41) is 1.23. The molecule has 1 unspecified atom stereocenters. The van der Waals surface area contributed by atoms with Gasteiger partial charge in [0.05, 0.1) is 0 Å². The largest absolute Gasteiger partial charge is 0.278 e. The highest BCUT2D eigenvalue weighted by molar-refractivity contribution is 14.1. The Morgan fingerprint density at radius 3 is 2.82 bits per heavy atom. The summed E-state index contributed by atoms with van der Waals surface area (Å²) >= 11 is 5.77. The van der Waals surface area contributed by atoms with Crippen molar-refractivity contribution in [2.45, 2.75) is 54.3 Å². The summed E-state index contributed by atoms with van der Waals surface area (Å²) in [6.07, 6.45) is 7.86. The number of benzene rings is 1. The highest BCUT2D eigenvalue weighted by atomic mass is 127. The molecule has 0 N–H and O–H groups in total. The first-order valence-corrected chi connectivity index (χ1v) is 11.0. The van der Waals surface area contributed by atoms with Crippen molar-refractivity contribution < 1.29 is 0 Å². The van der Waals surface area contributed by atoms with Crippen molar-refractivity contribution in [3.63, 3.8) is 0 Å². The molecule has 1 heterocycles. The van der Waals surface area contributed by atoms with Crippen LogP contribution in [0.15, 0.2) is 40.0 Å². The summed E-state index contributed by atoms with van der Waals surface area (Å²) in [6.45, 7) is 2.26. The van der Waals surface area contributed by atoms with Gasteiger partial charge >= 0.3 is 0 Å². The Bertz CT molecular complexity index is 638. The number of halogens is 1. The van der Waals surface area contributed by atoms with Gasteiger partial charge in [0.15, 0.2) is 0 Å². The Labute approximate surface area is 155 Å². The Kier molecular flexibility index (Phi) is 8.25. The summed E-state index contributed by atoms with van der Waals surface area (Å²) < 4.78 is 2.11. The number of unbranched alkanes of at least 4 members (excludes halogenated alkanes) is 2. The fourth-order valence-corrected chi connectivity index (χ4v) is 5.61. The molecule has 0 fully saturated rings. The molecule has 1 nitrogen and oxygen atoms in total. The van der Waals surface area contributed by atoms with Gasteiger partial charge in [0.2, 0.25) is 4.74 Å². The first-order chi connectivity index (χ1) is 10.7. The highest BCUT2D eigenvalue weighted by Crippen LogP contribution is 2.29. The van der Waals surface area contributed by atoms with Crippen LogP contribution in [0.25, 0.3) is 10.1 Å². The summed E-state index contributed by atoms with van der Waals surface area (Å²) in [4.78, 5) is 12.9. The van der Waals surface area contributed by atoms with E-state index in [-0.39, 0.29) is 4.74 Å². The van der Waals surface area contributed by atoms with Crippen LogP contribution < -0.4 is 4.74 Å². The van der Waals surface area contributed by atoms with Crippen LogP contribution in [0.1, 0.15) is 45.4 Å². The lowest BCUT2D eigenvalue weighted by atomic mass is 10.1. The maximum Gasteiger partial charge on any atom is 0.234 e. The second-order valence-corrected chi connectivity index (χ2v) is 9.45. The van der Waals surface area contributed by atoms with Crippen LogP contribution in [0.4, 0.5) is 0 Å². The molecule has 22 heavy (non-hydrogen) atoms. The Balaban J connectivity index is 1.79. The first kappa shape index (κ1) is 18.3. The molecule has 4 heteroatoms. The molecular formula is C18H23IOS2. The lowest BCUT2D eigenvalue weighted by molar-refractivity contribution is 0.629. The summed E-state index contributed by atoms with van der Waals surface area (Å²) in [5.74, 6) is 1.11. The minimum absolute atomic E-state index is 0.161. The molecule has 0 aliphatic heterocycles. The van der Waals surface area contributed by atoms with E-state index in [1.807, 2.05) is 23.9 Å². The van der Waals surface area contributed by atoms with Gasteiger partial charge in [-0.3, -0.25) is 4.79 Å². The summed E-state index contributed by atoms with van der Waals surface area (Å²) in [7, 11) is 0. The van der Waals surface area contributed by atoms with Crippen LogP contribution in [0, 0.1) is 0 Å². The van der Waals surface area contributed by atoms with E-state index in [1.165, 1.54) is 55.2 Å². The fourth-order valence-electron chi connectivity index (χ4n) is 2.49. The van der Waals surface area contributed by atoms with Crippen molar-refractivity contribution in [3.8, 4) is 0 Å². The summed E-state index contributed by atoms with van der Waals surface area (Å²) in [5.41, 5.74) is 0. The quantitative estimate of drug-likeness (QED) is 0.189. The SMILES string of the molecule is CCCC(I)CCCCCSc1cc(=O)sc2ccccc12. The third-order valence-electron chi connectivity index (χ3n) is 3.63. The minimum Gasteiger partial charge on any atom is -0.278 e. The lowest BCUT2D eigenvalue weighted by Crippen LogP contribution is -1.96. The number of hydrogen-bond acceptors (Lipinski definition) is 3. The number of hydrogen-bond donors (Lipinski definition) is 0. The zero-order valence-electron chi connectivity index (χ0n) is 13.0. The molecule has 0 spiro atoms. The molecule has 0 saturated carbocycles. The molecular weight excluding hydrogens is 423 g/mol. The van der Waals surface area contributed by atoms with E-state index < -0.39 is 0 Å². The van der Waals surface area contributed by atoms with Crippen molar-refractivity contribution in [1.29, 1.82) is 0 Å². The lowest BCUT2D eigenvalue weighted by Gasteiger charge is -2.08. The molecule has 1 aromatic heterocycles. The third kappa shape index (κ3) is 5.85. The second-order valence-electron chi connectivity index (χ2n) is 5.51. The standard InChI is InChI=1S/C18H23IOS2/c1-2-8-14(19)9-4-3-7-12-21-17-13-18(20)22-16-11-6-5-10-15(16)17/h5-6,10-11,13-14H,2-4,7-9,12H2,1H3. The smallest absolute Gasteiger partial charge is 0.234 e. The summed E-state index contributed by atoms with van der Waals surface area (Å²) in [6, 6.07) is 10.0. The van der Waals surface area contributed by atoms with Gasteiger partial charge in [-0.25, -0.2) is 0 Å². The van der Waals surface area contributed by atoms with Crippen LogP contribution in [0.3, 0.4) is 0 Å². The van der Waals surface area contributed by atoms with Gasteiger partial charge in [-0.15, -0.1) is 11.8 Å². The number of thioether (sulfide) groups is 1. The number of alkyl halides is 1. The average molecular weight is 446 g/mol. The molecule has 2 aromatic rings. The van der Waals surface area contributed by atoms with Crippen molar-refractivity contribution >= 4 is 55.8 Å². The molecule has 0 saturated heterocycles. The fraction of sp³-hybridized carbons (Fsp3) is 0.500. The number of rotatable bonds is 9. The van der Waals surface area contributed by atoms with Gasteiger partial charge in [0, 0.05) is 25.0 Å². The zero-order valence-corrected chi connectivity index (χ0v) is 16.8. The van der Waals surface area contributed by atoms with Gasteiger partial charge in [0.1, 0.15) is 0 Å². The van der Waals surface area contributed by atoms with E-state index in [4.69, 9.17) is 0 Å². The van der Waals surface area contributed by atoms with E-state index >= 15 is 0 Å². The third-order valence-corrected chi connectivity index (χ3v) is 6.92. The van der Waals surface area contributed by atoms with E-state index in [2.05, 4.69) is 41.6 Å². The molecule has 0 aliphatic carbocycles. The van der Waals surface area contributed by atoms with Crippen molar-refractivity contribution in [2.24, 2.45) is 0 Å². The van der Waals surface area contributed by atoms with Gasteiger partial charge in [-0.2, -0.15) is 0 Å². The van der Waals surface area contributed by atoms with Crippen LogP contribution in [-0.2, 0) is 0 Å². The molecule has 0 bridgehead atoms. The molecule has 0 radical (unpaired) electrons. The van der Waals surface area contributed by atoms with Gasteiger partial charge in [0.25, 0.3) is 0 Å². The molecule has 2 rings (SSSR count). The van der Waals surface area contributed by atoms with Gasteiger partial charge < -0.3 is 0 Å². The van der Waals surface area contributed by atoms with Crippen LogP contribution in [-0.4, -0.2) is 9.68 Å². The van der Waals surface area contributed by atoms with E-state index in [1.54, 1.807) is 6.07 Å². The highest BCUT2D eigenvalue weighted by Gasteiger charge is 2.05. The average Bonchev–Trinajstić information content (AvgIpc) is 2.50. The predicted molar refractivity (Wildman–Crippen MR) is 110 cm³/mol.